The van der Waals surface area contributed by atoms with Crippen molar-refractivity contribution in [3.05, 3.63) is 76.6 Å². The van der Waals surface area contributed by atoms with Crippen molar-refractivity contribution in [2.75, 3.05) is 37.0 Å². The average Bonchev–Trinajstić information content (AvgIpc) is 2.91. The van der Waals surface area contributed by atoms with Gasteiger partial charge in [-0.25, -0.2) is 9.97 Å². The van der Waals surface area contributed by atoms with Crippen LogP contribution in [0.3, 0.4) is 0 Å². The van der Waals surface area contributed by atoms with Gasteiger partial charge >= 0.3 is 6.18 Å². The van der Waals surface area contributed by atoms with Crippen LogP contribution in [0.5, 0.6) is 0 Å². The van der Waals surface area contributed by atoms with Crippen molar-refractivity contribution in [1.29, 1.82) is 0 Å². The summed E-state index contributed by atoms with van der Waals surface area (Å²) in [6.45, 7) is 1.61. The number of carbonyl (C=O) groups is 2. The number of ether oxygens (including phenoxy) is 1. The van der Waals surface area contributed by atoms with Crippen molar-refractivity contribution in [3.63, 3.8) is 0 Å². The first kappa shape index (κ1) is 28.2. The first-order valence-corrected chi connectivity index (χ1v) is 12.9. The molecule has 0 saturated carbocycles. The van der Waals surface area contributed by atoms with Gasteiger partial charge in [0, 0.05) is 55.8 Å². The predicted octanol–water partition coefficient (Wildman–Crippen LogP) is 5.09. The Morgan fingerprint density at radius 1 is 1.07 bits per heavy atom. The number of halogens is 4. The summed E-state index contributed by atoms with van der Waals surface area (Å²) in [5.74, 6) is -0.103. The lowest BCUT2D eigenvalue weighted by Gasteiger charge is -2.33. The maximum atomic E-state index is 13.3. The molecule has 9 nitrogen and oxygen atoms in total. The fourth-order valence-electron chi connectivity index (χ4n) is 4.24. The van der Waals surface area contributed by atoms with E-state index in [9.17, 15) is 22.8 Å². The van der Waals surface area contributed by atoms with Crippen LogP contribution in [-0.2, 0) is 22.3 Å². The number of benzene rings is 2. The molecule has 2 aromatic carbocycles. The molecule has 0 aliphatic carbocycles. The van der Waals surface area contributed by atoms with Crippen LogP contribution in [0, 0.1) is 0 Å². The molecular formula is C28H24ClF3N6O3. The lowest BCUT2D eigenvalue weighted by molar-refractivity contribution is -0.137. The fraction of sp³-hybridized carbons (Fsp3) is 0.250. The van der Waals surface area contributed by atoms with Crippen molar-refractivity contribution < 1.29 is 27.5 Å². The van der Waals surface area contributed by atoms with Crippen LogP contribution in [0.2, 0.25) is 5.02 Å². The van der Waals surface area contributed by atoms with Crippen LogP contribution < -0.4 is 15.5 Å². The molecule has 0 unspecified atom stereocenters. The maximum absolute atomic E-state index is 13.3. The topological polar surface area (TPSA) is 109 Å². The molecule has 2 aromatic heterocycles. The van der Waals surface area contributed by atoms with Crippen LogP contribution in [-0.4, -0.2) is 53.6 Å². The number of hydrogen-bond donors (Lipinski definition) is 2. The van der Waals surface area contributed by atoms with Gasteiger partial charge in [0.1, 0.15) is 12.4 Å². The Hall–Kier alpha value is -4.29. The van der Waals surface area contributed by atoms with E-state index in [0.717, 1.165) is 31.8 Å². The molecule has 212 valence electrons. The smallest absolute Gasteiger partial charge is 0.375 e. The van der Waals surface area contributed by atoms with Crippen LogP contribution >= 0.6 is 11.6 Å². The molecule has 41 heavy (non-hydrogen) atoms. The Labute approximate surface area is 237 Å². The molecule has 1 aliphatic rings. The summed E-state index contributed by atoms with van der Waals surface area (Å²) in [7, 11) is 1.41. The Morgan fingerprint density at radius 2 is 1.88 bits per heavy atom. The number of alkyl halides is 3. The van der Waals surface area contributed by atoms with Gasteiger partial charge in [-0.15, -0.1) is 0 Å². The summed E-state index contributed by atoms with van der Waals surface area (Å²) in [5, 5.41) is 6.40. The van der Waals surface area contributed by atoms with Crippen molar-refractivity contribution in [2.45, 2.75) is 19.1 Å². The van der Waals surface area contributed by atoms with E-state index in [0.29, 0.717) is 28.0 Å². The number of carbonyl (C=O) groups excluding carboxylic acids is 2. The van der Waals surface area contributed by atoms with E-state index in [4.69, 9.17) is 16.3 Å². The molecule has 2 amide bonds. The first-order valence-electron chi connectivity index (χ1n) is 12.6. The summed E-state index contributed by atoms with van der Waals surface area (Å²) in [6, 6.07) is 10.9. The number of anilines is 2. The molecule has 1 saturated heterocycles. The first-order chi connectivity index (χ1) is 19.6. The van der Waals surface area contributed by atoms with E-state index in [1.807, 2.05) is 4.90 Å². The molecule has 3 heterocycles. The molecule has 4 aromatic rings. The van der Waals surface area contributed by atoms with Crippen molar-refractivity contribution in [2.24, 2.45) is 0 Å². The van der Waals surface area contributed by atoms with Gasteiger partial charge in [0.05, 0.1) is 21.7 Å². The van der Waals surface area contributed by atoms with E-state index in [2.05, 4.69) is 25.6 Å². The molecule has 13 heteroatoms. The largest absolute Gasteiger partial charge is 0.417 e. The summed E-state index contributed by atoms with van der Waals surface area (Å²) in [6.07, 6.45) is -1.56. The van der Waals surface area contributed by atoms with E-state index < -0.39 is 17.6 Å². The van der Waals surface area contributed by atoms with Gasteiger partial charge < -0.3 is 20.3 Å². The Bertz CT molecular complexity index is 1630. The van der Waals surface area contributed by atoms with E-state index in [-0.39, 0.29) is 41.0 Å². The normalized spacial score (nSPS) is 13.1. The minimum Gasteiger partial charge on any atom is -0.375 e. The molecule has 0 atom stereocenters. The predicted molar refractivity (Wildman–Crippen MR) is 148 cm³/mol. The number of amides is 2. The second kappa shape index (κ2) is 11.7. The Morgan fingerprint density at radius 3 is 2.59 bits per heavy atom. The maximum Gasteiger partial charge on any atom is 0.417 e. The summed E-state index contributed by atoms with van der Waals surface area (Å²) < 4.78 is 44.8. The SMILES string of the molecule is COCC(=O)NCc1ccc(Cl)c(C(=O)Nc2ccc3c(N4CCC4)nc(-c4cncc(C(F)(F)F)c4)nc3c2)c1. The number of aromatic nitrogens is 3. The van der Waals surface area contributed by atoms with Gasteiger partial charge in [0.15, 0.2) is 5.82 Å². The van der Waals surface area contributed by atoms with E-state index >= 15 is 0 Å². The number of pyridine rings is 1. The second-order valence-electron chi connectivity index (χ2n) is 9.38. The Kier molecular flexibility index (Phi) is 8.04. The summed E-state index contributed by atoms with van der Waals surface area (Å²) in [4.78, 5) is 39.7. The van der Waals surface area contributed by atoms with Crippen LogP contribution in [0.25, 0.3) is 22.3 Å². The van der Waals surface area contributed by atoms with Gasteiger partial charge in [-0.1, -0.05) is 17.7 Å². The molecule has 5 rings (SSSR count). The third-order valence-corrected chi connectivity index (χ3v) is 6.78. The molecule has 2 N–H and O–H groups in total. The van der Waals surface area contributed by atoms with Gasteiger partial charge in [-0.3, -0.25) is 14.6 Å². The highest BCUT2D eigenvalue weighted by Crippen LogP contribution is 2.34. The van der Waals surface area contributed by atoms with Crippen molar-refractivity contribution in [1.82, 2.24) is 20.3 Å². The fourth-order valence-corrected chi connectivity index (χ4v) is 4.45. The summed E-state index contributed by atoms with van der Waals surface area (Å²) in [5.41, 5.74) is 0.923. The molecule has 0 bridgehead atoms. The minimum absolute atomic E-state index is 0.0854. The second-order valence-corrected chi connectivity index (χ2v) is 9.79. The standard InChI is InChI=1S/C28H24ClF3N6O3/c1-41-15-24(39)34-12-16-3-6-22(29)21(9-16)27(40)35-19-4-5-20-23(11-19)36-25(37-26(20)38-7-2-8-38)17-10-18(14-33-13-17)28(30,31)32/h3-6,9-11,13-14H,2,7-8,12,15H2,1H3,(H,34,39)(H,35,40). The van der Waals surface area contributed by atoms with Gasteiger partial charge in [-0.05, 0) is 48.4 Å². The van der Waals surface area contributed by atoms with Crippen LogP contribution in [0.1, 0.15) is 27.9 Å². The van der Waals surface area contributed by atoms with E-state index in [1.165, 1.54) is 13.3 Å². The zero-order chi connectivity index (χ0) is 29.1. The molecule has 0 radical (unpaired) electrons. The van der Waals surface area contributed by atoms with E-state index in [1.54, 1.807) is 36.4 Å². The quantitative estimate of drug-likeness (QED) is 0.297. The number of nitrogens with one attached hydrogen (secondary N) is 2. The molecular weight excluding hydrogens is 561 g/mol. The minimum atomic E-state index is -4.56. The number of fused-ring (bicyclic) bond motifs is 1. The third-order valence-electron chi connectivity index (χ3n) is 6.45. The lowest BCUT2D eigenvalue weighted by Crippen LogP contribution is -2.37. The third kappa shape index (κ3) is 6.39. The van der Waals surface area contributed by atoms with Crippen molar-refractivity contribution in [3.8, 4) is 11.4 Å². The average molecular weight is 585 g/mol. The zero-order valence-corrected chi connectivity index (χ0v) is 22.5. The molecule has 0 spiro atoms. The molecule has 1 aliphatic heterocycles. The lowest BCUT2D eigenvalue weighted by atomic mass is 10.1. The van der Waals surface area contributed by atoms with Crippen molar-refractivity contribution >= 4 is 45.8 Å². The van der Waals surface area contributed by atoms with Gasteiger partial charge in [-0.2, -0.15) is 13.2 Å². The highest BCUT2D eigenvalue weighted by molar-refractivity contribution is 6.34. The molecule has 1 fully saturated rings. The Balaban J connectivity index is 1.45. The highest BCUT2D eigenvalue weighted by Gasteiger charge is 2.31. The zero-order valence-electron chi connectivity index (χ0n) is 21.8. The number of methoxy groups -OCH3 is 1. The number of rotatable bonds is 8. The highest BCUT2D eigenvalue weighted by atomic mass is 35.5. The van der Waals surface area contributed by atoms with Crippen LogP contribution in [0.4, 0.5) is 24.7 Å². The monoisotopic (exact) mass is 584 g/mol. The summed E-state index contributed by atoms with van der Waals surface area (Å²) >= 11 is 6.30. The number of nitrogens with zero attached hydrogens (tertiary/aromatic N) is 4. The van der Waals surface area contributed by atoms with Crippen LogP contribution in [0.15, 0.2) is 54.9 Å². The number of hydrogen-bond acceptors (Lipinski definition) is 7. The van der Waals surface area contributed by atoms with Gasteiger partial charge in [0.2, 0.25) is 5.91 Å². The van der Waals surface area contributed by atoms with Gasteiger partial charge in [0.25, 0.3) is 5.91 Å².